The van der Waals surface area contributed by atoms with Gasteiger partial charge in [-0.2, -0.15) is 4.31 Å². The second-order valence-electron chi connectivity index (χ2n) is 9.21. The fourth-order valence-corrected chi connectivity index (χ4v) is 6.80. The highest BCUT2D eigenvalue weighted by Crippen LogP contribution is 2.38. The quantitative estimate of drug-likeness (QED) is 0.530. The van der Waals surface area contributed by atoms with Crippen molar-refractivity contribution in [2.75, 3.05) is 13.1 Å². The van der Waals surface area contributed by atoms with E-state index in [4.69, 9.17) is 0 Å². The molecule has 4 rings (SSSR count). The highest BCUT2D eigenvalue weighted by molar-refractivity contribution is 7.89. The number of amides is 1. The van der Waals surface area contributed by atoms with Gasteiger partial charge in [-0.1, -0.05) is 49.4 Å². The first-order chi connectivity index (χ1) is 16.6. The minimum Gasteiger partial charge on any atom is -0.506 e. The monoisotopic (exact) mass is 501 g/mol. The Morgan fingerprint density at radius 1 is 1.14 bits per heavy atom. The molecule has 0 bridgehead atoms. The van der Waals surface area contributed by atoms with E-state index in [0.29, 0.717) is 12.0 Å². The van der Waals surface area contributed by atoms with Crippen LogP contribution in [0.3, 0.4) is 0 Å². The second-order valence-corrected chi connectivity index (χ2v) is 11.1. The molecule has 9 nitrogen and oxygen atoms in total. The van der Waals surface area contributed by atoms with Gasteiger partial charge in [0.05, 0.1) is 11.7 Å². The Labute approximate surface area is 205 Å². The zero-order chi connectivity index (χ0) is 25.4. The van der Waals surface area contributed by atoms with Gasteiger partial charge in [0.2, 0.25) is 15.9 Å². The predicted octanol–water partition coefficient (Wildman–Crippen LogP) is 2.09. The summed E-state index contributed by atoms with van der Waals surface area (Å²) in [5, 5.41) is 23.6. The van der Waals surface area contributed by atoms with Gasteiger partial charge in [0.15, 0.2) is 0 Å². The average molecular weight is 502 g/mol. The van der Waals surface area contributed by atoms with Gasteiger partial charge in [0.25, 0.3) is 0 Å². The number of piperidine rings is 1. The molecule has 2 unspecified atom stereocenters. The summed E-state index contributed by atoms with van der Waals surface area (Å²) in [6.45, 7) is 3.53. The van der Waals surface area contributed by atoms with E-state index in [1.54, 1.807) is 26.0 Å². The first kappa shape index (κ1) is 25.2. The van der Waals surface area contributed by atoms with E-state index in [1.165, 1.54) is 15.3 Å². The SMILES string of the molecule is CCC(C(=O)O)N1C(=O)C(Cc2ccccc2)NC12CCN(S(=O)(=O)c1cccc(C)c1O)CC2. The molecule has 2 aromatic carbocycles. The number of carboxylic acids is 1. The van der Waals surface area contributed by atoms with Crippen molar-refractivity contribution >= 4 is 21.9 Å². The molecule has 2 saturated heterocycles. The molecule has 2 heterocycles. The number of nitrogens with zero attached hydrogens (tertiary/aromatic N) is 2. The maximum Gasteiger partial charge on any atom is 0.326 e. The van der Waals surface area contributed by atoms with Gasteiger partial charge < -0.3 is 15.1 Å². The summed E-state index contributed by atoms with van der Waals surface area (Å²) >= 11 is 0. The van der Waals surface area contributed by atoms with Crippen molar-refractivity contribution < 1.29 is 28.2 Å². The van der Waals surface area contributed by atoms with E-state index in [0.717, 1.165) is 5.56 Å². The Hall–Kier alpha value is -2.95. The molecule has 0 aliphatic carbocycles. The third-order valence-electron chi connectivity index (χ3n) is 7.07. The predicted molar refractivity (Wildman–Crippen MR) is 129 cm³/mol. The minimum absolute atomic E-state index is 0.0839. The van der Waals surface area contributed by atoms with Crippen molar-refractivity contribution in [1.29, 1.82) is 0 Å². The summed E-state index contributed by atoms with van der Waals surface area (Å²) in [7, 11) is -3.96. The maximum absolute atomic E-state index is 13.5. The highest BCUT2D eigenvalue weighted by atomic mass is 32.2. The molecular formula is C25H31N3O6S. The summed E-state index contributed by atoms with van der Waals surface area (Å²) in [4.78, 5) is 26.9. The standard InChI is InChI=1S/C25H31N3O6S/c1-3-20(24(31)32)28-23(30)19(16-18-9-5-4-6-10-18)26-25(28)12-14-27(15-13-25)35(33,34)21-11-7-8-17(2)22(21)29/h4-11,19-20,26,29H,3,12-16H2,1-2H3,(H,31,32). The van der Waals surface area contributed by atoms with Crippen LogP contribution in [-0.4, -0.2) is 70.5 Å². The normalized spacial score (nSPS) is 21.4. The summed E-state index contributed by atoms with van der Waals surface area (Å²) in [6.07, 6.45) is 1.12. The summed E-state index contributed by atoms with van der Waals surface area (Å²) in [5.74, 6) is -1.64. The van der Waals surface area contributed by atoms with E-state index < -0.39 is 33.7 Å². The number of hydrogen-bond acceptors (Lipinski definition) is 6. The smallest absolute Gasteiger partial charge is 0.326 e. The molecule has 0 aromatic heterocycles. The van der Waals surface area contributed by atoms with Crippen LogP contribution in [0.1, 0.15) is 37.3 Å². The van der Waals surface area contributed by atoms with Gasteiger partial charge >= 0.3 is 5.97 Å². The van der Waals surface area contributed by atoms with Crippen LogP contribution < -0.4 is 5.32 Å². The fraction of sp³-hybridized carbons (Fsp3) is 0.440. The molecule has 2 aromatic rings. The van der Waals surface area contributed by atoms with E-state index in [2.05, 4.69) is 5.32 Å². The molecule has 2 atom stereocenters. The van der Waals surface area contributed by atoms with E-state index in [1.807, 2.05) is 30.3 Å². The molecule has 0 saturated carbocycles. The largest absolute Gasteiger partial charge is 0.506 e. The molecule has 188 valence electrons. The Morgan fingerprint density at radius 3 is 2.40 bits per heavy atom. The molecule has 2 aliphatic heterocycles. The Balaban J connectivity index is 1.61. The lowest BCUT2D eigenvalue weighted by molar-refractivity contribution is -0.154. The van der Waals surface area contributed by atoms with Gasteiger partial charge in [-0.25, -0.2) is 13.2 Å². The molecule has 1 amide bonds. The van der Waals surface area contributed by atoms with Crippen LogP contribution in [0.25, 0.3) is 0 Å². The maximum atomic E-state index is 13.5. The van der Waals surface area contributed by atoms with E-state index >= 15 is 0 Å². The topological polar surface area (TPSA) is 127 Å². The van der Waals surface area contributed by atoms with Crippen molar-refractivity contribution in [3.63, 3.8) is 0 Å². The number of phenols is 1. The van der Waals surface area contributed by atoms with Gasteiger partial charge in [-0.05, 0) is 49.8 Å². The van der Waals surface area contributed by atoms with E-state index in [9.17, 15) is 28.2 Å². The summed E-state index contributed by atoms with van der Waals surface area (Å²) in [5.41, 5.74) is 0.453. The number of benzene rings is 2. The zero-order valence-electron chi connectivity index (χ0n) is 19.8. The van der Waals surface area contributed by atoms with Gasteiger partial charge in [0, 0.05) is 13.1 Å². The van der Waals surface area contributed by atoms with Crippen LogP contribution in [0.4, 0.5) is 0 Å². The number of rotatable bonds is 7. The minimum atomic E-state index is -3.96. The zero-order valence-corrected chi connectivity index (χ0v) is 20.7. The lowest BCUT2D eigenvalue weighted by Crippen LogP contribution is -2.63. The second kappa shape index (κ2) is 9.60. The van der Waals surface area contributed by atoms with Gasteiger partial charge in [-0.15, -0.1) is 0 Å². The number of aromatic hydroxyl groups is 1. The van der Waals surface area contributed by atoms with Crippen molar-refractivity contribution in [3.8, 4) is 5.75 Å². The molecule has 2 aliphatic rings. The van der Waals surface area contributed by atoms with Crippen LogP contribution in [0.2, 0.25) is 0 Å². The number of carbonyl (C=O) groups is 2. The number of aliphatic carboxylic acids is 1. The molecule has 35 heavy (non-hydrogen) atoms. The lowest BCUT2D eigenvalue weighted by atomic mass is 9.95. The third-order valence-corrected chi connectivity index (χ3v) is 9.00. The number of sulfonamides is 1. The van der Waals surface area contributed by atoms with Crippen molar-refractivity contribution in [1.82, 2.24) is 14.5 Å². The first-order valence-corrected chi connectivity index (χ1v) is 13.2. The Bertz CT molecular complexity index is 1210. The number of carboxylic acid groups (broad SMARTS) is 1. The number of para-hydroxylation sites is 1. The molecule has 0 radical (unpaired) electrons. The number of phenolic OH excluding ortho intramolecular Hbond substituents is 1. The van der Waals surface area contributed by atoms with Crippen LogP contribution in [-0.2, 0) is 26.0 Å². The first-order valence-electron chi connectivity index (χ1n) is 11.8. The number of nitrogens with one attached hydrogen (secondary N) is 1. The summed E-state index contributed by atoms with van der Waals surface area (Å²) in [6, 6.07) is 12.5. The van der Waals surface area contributed by atoms with E-state index in [-0.39, 0.29) is 48.9 Å². The fourth-order valence-electron chi connectivity index (χ4n) is 5.20. The van der Waals surface area contributed by atoms with Crippen LogP contribution in [0.5, 0.6) is 5.75 Å². The average Bonchev–Trinajstić information content (AvgIpc) is 3.07. The van der Waals surface area contributed by atoms with Crippen molar-refractivity contribution in [2.24, 2.45) is 0 Å². The van der Waals surface area contributed by atoms with Crippen molar-refractivity contribution in [3.05, 3.63) is 59.7 Å². The molecule has 1 spiro atoms. The number of carbonyl (C=O) groups excluding carboxylic acids is 1. The molecular weight excluding hydrogens is 470 g/mol. The Morgan fingerprint density at radius 2 is 1.80 bits per heavy atom. The van der Waals surface area contributed by atoms with Crippen LogP contribution in [0.15, 0.2) is 53.4 Å². The van der Waals surface area contributed by atoms with Crippen molar-refractivity contribution in [2.45, 2.75) is 62.2 Å². The number of aryl methyl sites for hydroxylation is 1. The lowest BCUT2D eigenvalue weighted by Gasteiger charge is -2.46. The third kappa shape index (κ3) is 4.53. The van der Waals surface area contributed by atoms with Gasteiger partial charge in [-0.3, -0.25) is 10.1 Å². The Kier molecular flexibility index (Phi) is 6.90. The molecule has 2 fully saturated rings. The number of hydrogen-bond donors (Lipinski definition) is 3. The van der Waals surface area contributed by atoms with Crippen LogP contribution in [0, 0.1) is 6.92 Å². The highest BCUT2D eigenvalue weighted by Gasteiger charge is 2.55. The molecule has 10 heteroatoms. The van der Waals surface area contributed by atoms with Gasteiger partial charge in [0.1, 0.15) is 16.7 Å². The van der Waals surface area contributed by atoms with Crippen LogP contribution >= 0.6 is 0 Å². The summed E-state index contributed by atoms with van der Waals surface area (Å²) < 4.78 is 27.9. The molecule has 3 N–H and O–H groups in total.